The number of aromatic nitrogens is 1. The van der Waals surface area contributed by atoms with Crippen molar-refractivity contribution in [2.24, 2.45) is 5.73 Å². The van der Waals surface area contributed by atoms with E-state index < -0.39 is 17.6 Å². The van der Waals surface area contributed by atoms with Crippen LogP contribution in [0.4, 0.5) is 0 Å². The lowest BCUT2D eigenvalue weighted by Gasteiger charge is -2.08. The molecule has 17 heavy (non-hydrogen) atoms. The van der Waals surface area contributed by atoms with Gasteiger partial charge >= 0.3 is 0 Å². The molecule has 7 heteroatoms. The van der Waals surface area contributed by atoms with E-state index in [0.29, 0.717) is 6.61 Å². The molecular weight excluding hydrogens is 226 g/mol. The quantitative estimate of drug-likeness (QED) is 0.646. The second-order valence-corrected chi connectivity index (χ2v) is 3.02. The fraction of sp³-hybridized carbons (Fsp3) is 0.300. The number of pyridine rings is 1. The van der Waals surface area contributed by atoms with Crippen molar-refractivity contribution in [3.05, 3.63) is 18.0 Å². The van der Waals surface area contributed by atoms with Crippen LogP contribution in [0.5, 0.6) is 11.5 Å². The Morgan fingerprint density at radius 2 is 2.29 bits per heavy atom. The molecule has 0 bridgehead atoms. The minimum Gasteiger partial charge on any atom is -0.503 e. The number of nitrogens with one attached hydrogen (secondary N) is 1. The summed E-state index contributed by atoms with van der Waals surface area (Å²) in [5, 5.41) is 11.7. The summed E-state index contributed by atoms with van der Waals surface area (Å²) in [6, 6.07) is 1.42. The Hall–Kier alpha value is -2.15. The highest BCUT2D eigenvalue weighted by molar-refractivity contribution is 6.05. The van der Waals surface area contributed by atoms with Gasteiger partial charge in [-0.25, -0.2) is 4.98 Å². The summed E-state index contributed by atoms with van der Waals surface area (Å²) in [5.41, 5.74) is 4.76. The van der Waals surface area contributed by atoms with E-state index in [0.717, 1.165) is 0 Å². The van der Waals surface area contributed by atoms with Crippen LogP contribution in [0.3, 0.4) is 0 Å². The van der Waals surface area contributed by atoms with Gasteiger partial charge < -0.3 is 15.6 Å². The molecule has 1 aromatic rings. The zero-order chi connectivity index (χ0) is 12.8. The molecule has 0 saturated carbocycles. The van der Waals surface area contributed by atoms with Crippen molar-refractivity contribution in [3.63, 3.8) is 0 Å². The predicted octanol–water partition coefficient (Wildman–Crippen LogP) is -0.599. The van der Waals surface area contributed by atoms with E-state index in [1.54, 1.807) is 6.92 Å². The fourth-order valence-electron chi connectivity index (χ4n) is 1.11. The number of carbonyl (C=O) groups is 2. The molecule has 92 valence electrons. The number of ether oxygens (including phenoxy) is 1. The number of rotatable bonds is 4. The Morgan fingerprint density at radius 1 is 1.59 bits per heavy atom. The van der Waals surface area contributed by atoms with Crippen molar-refractivity contribution < 1.29 is 19.4 Å². The molecule has 1 aromatic heterocycles. The molecule has 0 aliphatic rings. The summed E-state index contributed by atoms with van der Waals surface area (Å²) in [4.78, 5) is 26.1. The maximum atomic E-state index is 11.5. The minimum atomic E-state index is -0.820. The molecule has 0 aliphatic heterocycles. The van der Waals surface area contributed by atoms with Gasteiger partial charge in [0.2, 0.25) is 5.91 Å². The third-order valence-electron chi connectivity index (χ3n) is 1.84. The molecule has 0 atom stereocenters. The Bertz CT molecular complexity index is 434. The van der Waals surface area contributed by atoms with Gasteiger partial charge in [0, 0.05) is 12.3 Å². The first-order chi connectivity index (χ1) is 8.10. The second kappa shape index (κ2) is 5.80. The van der Waals surface area contributed by atoms with Crippen LogP contribution in [0.25, 0.3) is 0 Å². The van der Waals surface area contributed by atoms with Gasteiger partial charge in [-0.2, -0.15) is 0 Å². The van der Waals surface area contributed by atoms with Crippen molar-refractivity contribution in [2.45, 2.75) is 6.92 Å². The average molecular weight is 239 g/mol. The van der Waals surface area contributed by atoms with Gasteiger partial charge in [0.25, 0.3) is 5.91 Å². The molecule has 0 radical (unpaired) electrons. The fourth-order valence-corrected chi connectivity index (χ4v) is 1.11. The number of aromatic hydroxyl groups is 1. The second-order valence-electron chi connectivity index (χ2n) is 3.02. The number of carbonyl (C=O) groups excluding carboxylic acids is 2. The van der Waals surface area contributed by atoms with Gasteiger partial charge in [-0.3, -0.25) is 14.9 Å². The molecule has 7 nitrogen and oxygen atoms in total. The van der Waals surface area contributed by atoms with Gasteiger partial charge in [0.15, 0.2) is 17.2 Å². The highest BCUT2D eigenvalue weighted by Crippen LogP contribution is 2.27. The summed E-state index contributed by atoms with van der Waals surface area (Å²) in [5.74, 6) is -1.75. The van der Waals surface area contributed by atoms with Gasteiger partial charge in [-0.1, -0.05) is 0 Å². The van der Waals surface area contributed by atoms with Crippen LogP contribution in [-0.2, 0) is 4.79 Å². The van der Waals surface area contributed by atoms with Crippen LogP contribution >= 0.6 is 0 Å². The molecule has 0 fully saturated rings. The Labute approximate surface area is 97.6 Å². The lowest BCUT2D eigenvalue weighted by Crippen LogP contribution is -2.35. The van der Waals surface area contributed by atoms with Crippen LogP contribution in [0.2, 0.25) is 0 Å². The minimum absolute atomic E-state index is 0.132. The first-order valence-corrected chi connectivity index (χ1v) is 4.95. The van der Waals surface area contributed by atoms with E-state index in [1.807, 2.05) is 5.32 Å². The van der Waals surface area contributed by atoms with E-state index in [-0.39, 0.29) is 18.0 Å². The lowest BCUT2D eigenvalue weighted by atomic mass is 10.3. The molecule has 0 spiro atoms. The maximum Gasteiger partial charge on any atom is 0.280 e. The van der Waals surface area contributed by atoms with Crippen LogP contribution < -0.4 is 15.8 Å². The monoisotopic (exact) mass is 239 g/mol. The number of amides is 2. The normalized spacial score (nSPS) is 9.76. The largest absolute Gasteiger partial charge is 0.503 e. The summed E-state index contributed by atoms with van der Waals surface area (Å²) < 4.78 is 5.08. The molecular formula is C10H13N3O4. The van der Waals surface area contributed by atoms with E-state index in [9.17, 15) is 14.7 Å². The van der Waals surface area contributed by atoms with E-state index in [1.165, 1.54) is 12.3 Å². The van der Waals surface area contributed by atoms with Crippen molar-refractivity contribution in [3.8, 4) is 11.5 Å². The SMILES string of the molecule is CCOc1ccnc(C(=O)NC(=O)CN)c1O. The van der Waals surface area contributed by atoms with E-state index >= 15 is 0 Å². The summed E-state index contributed by atoms with van der Waals surface area (Å²) in [6.07, 6.45) is 1.30. The van der Waals surface area contributed by atoms with Crippen LogP contribution in [-0.4, -0.2) is 35.1 Å². The maximum absolute atomic E-state index is 11.5. The third-order valence-corrected chi connectivity index (χ3v) is 1.84. The molecule has 2 amide bonds. The molecule has 0 unspecified atom stereocenters. The molecule has 0 aliphatic carbocycles. The van der Waals surface area contributed by atoms with E-state index in [4.69, 9.17) is 10.5 Å². The molecule has 1 heterocycles. The summed E-state index contributed by atoms with van der Waals surface area (Å²) >= 11 is 0. The van der Waals surface area contributed by atoms with Gasteiger partial charge in [0.05, 0.1) is 13.2 Å². The van der Waals surface area contributed by atoms with Crippen LogP contribution in [0, 0.1) is 0 Å². The van der Waals surface area contributed by atoms with Crippen molar-refractivity contribution in [1.82, 2.24) is 10.3 Å². The first-order valence-electron chi connectivity index (χ1n) is 4.95. The van der Waals surface area contributed by atoms with Gasteiger partial charge in [0.1, 0.15) is 0 Å². The molecule has 0 aromatic carbocycles. The zero-order valence-electron chi connectivity index (χ0n) is 9.27. The zero-order valence-corrected chi connectivity index (χ0v) is 9.27. The predicted molar refractivity (Wildman–Crippen MR) is 58.6 cm³/mol. The smallest absolute Gasteiger partial charge is 0.280 e. The Balaban J connectivity index is 2.94. The molecule has 4 N–H and O–H groups in total. The lowest BCUT2D eigenvalue weighted by molar-refractivity contribution is -0.118. The van der Waals surface area contributed by atoms with Gasteiger partial charge in [-0.15, -0.1) is 0 Å². The summed E-state index contributed by atoms with van der Waals surface area (Å²) in [6.45, 7) is 1.75. The summed E-state index contributed by atoms with van der Waals surface area (Å²) in [7, 11) is 0. The standard InChI is InChI=1S/C10H13N3O4/c1-2-17-6-3-4-12-8(9(6)15)10(16)13-7(14)5-11/h3-4,15H,2,5,11H2,1H3,(H,13,14,16). The number of nitrogens with two attached hydrogens (primary N) is 1. The topological polar surface area (TPSA) is 115 Å². The Morgan fingerprint density at radius 3 is 2.88 bits per heavy atom. The molecule has 1 rings (SSSR count). The highest BCUT2D eigenvalue weighted by atomic mass is 16.5. The number of hydrogen-bond donors (Lipinski definition) is 3. The Kier molecular flexibility index (Phi) is 4.41. The third kappa shape index (κ3) is 3.15. The van der Waals surface area contributed by atoms with Crippen molar-refractivity contribution >= 4 is 11.8 Å². The van der Waals surface area contributed by atoms with Crippen molar-refractivity contribution in [2.75, 3.05) is 13.2 Å². The number of hydrogen-bond acceptors (Lipinski definition) is 6. The average Bonchev–Trinajstić information content (AvgIpc) is 2.31. The van der Waals surface area contributed by atoms with Crippen LogP contribution in [0.1, 0.15) is 17.4 Å². The van der Waals surface area contributed by atoms with Gasteiger partial charge in [-0.05, 0) is 6.92 Å². The van der Waals surface area contributed by atoms with Crippen LogP contribution in [0.15, 0.2) is 12.3 Å². The molecule has 0 saturated heterocycles. The highest BCUT2D eigenvalue weighted by Gasteiger charge is 2.18. The number of imide groups is 1. The van der Waals surface area contributed by atoms with Crippen molar-refractivity contribution in [1.29, 1.82) is 0 Å². The first kappa shape index (κ1) is 12.9. The number of nitrogens with zero attached hydrogens (tertiary/aromatic N) is 1. The van der Waals surface area contributed by atoms with E-state index in [2.05, 4.69) is 4.98 Å².